The van der Waals surface area contributed by atoms with Gasteiger partial charge >= 0.3 is 5.97 Å². The largest absolute Gasteiger partial charge is 0.461 e. The van der Waals surface area contributed by atoms with Crippen LogP contribution in [-0.2, 0) is 9.53 Å². The molecule has 2 fully saturated rings. The smallest absolute Gasteiger partial charge is 0.316 e. The summed E-state index contributed by atoms with van der Waals surface area (Å²) in [5.74, 6) is -0.856. The molecule has 1 N–H and O–H groups in total. The van der Waals surface area contributed by atoms with Crippen molar-refractivity contribution in [2.75, 3.05) is 13.7 Å². The first kappa shape index (κ1) is 17.4. The summed E-state index contributed by atoms with van der Waals surface area (Å²) in [6, 6.07) is 11.2. The summed E-state index contributed by atoms with van der Waals surface area (Å²) in [6.45, 7) is 4.39. The van der Waals surface area contributed by atoms with Crippen LogP contribution < -0.4 is 0 Å². The molecule has 1 aromatic rings. The number of hydrogen-bond donors (Lipinski definition) is 1. The van der Waals surface area contributed by atoms with Gasteiger partial charge in [-0.15, -0.1) is 0 Å². The van der Waals surface area contributed by atoms with E-state index in [0.717, 1.165) is 22.9 Å². The number of quaternary nitrogens is 1. The zero-order valence-electron chi connectivity index (χ0n) is 15.0. The van der Waals surface area contributed by atoms with Gasteiger partial charge in [-0.25, -0.2) is 0 Å². The number of benzene rings is 1. The first-order chi connectivity index (χ1) is 11.5. The van der Waals surface area contributed by atoms with Crippen LogP contribution in [0.15, 0.2) is 30.3 Å². The molecule has 3 rings (SSSR count). The van der Waals surface area contributed by atoms with Crippen LogP contribution in [0.2, 0.25) is 0 Å². The van der Waals surface area contributed by atoms with Crippen LogP contribution in [0.1, 0.15) is 51.0 Å². The molecule has 0 radical (unpaired) electrons. The number of rotatable bonds is 5. The first-order valence-corrected chi connectivity index (χ1v) is 9.18. The quantitative estimate of drug-likeness (QED) is 0.666. The van der Waals surface area contributed by atoms with Crippen molar-refractivity contribution in [1.29, 1.82) is 0 Å². The highest BCUT2D eigenvalue weighted by Gasteiger charge is 2.53. The fraction of sp³-hybridized carbons (Fsp3) is 0.650. The number of carbonyl (C=O) groups is 1. The summed E-state index contributed by atoms with van der Waals surface area (Å²) in [7, 11) is 2.37. The zero-order chi connectivity index (χ0) is 17.3. The Morgan fingerprint density at radius 1 is 1.21 bits per heavy atom. The minimum absolute atomic E-state index is 0.00212. The van der Waals surface area contributed by atoms with Crippen LogP contribution in [0.5, 0.6) is 0 Å². The van der Waals surface area contributed by atoms with E-state index < -0.39 is 5.92 Å². The van der Waals surface area contributed by atoms with Crippen molar-refractivity contribution in [3.05, 3.63) is 35.9 Å². The lowest BCUT2D eigenvalue weighted by Crippen LogP contribution is -2.62. The van der Waals surface area contributed by atoms with E-state index in [4.69, 9.17) is 4.74 Å². The number of esters is 1. The fourth-order valence-electron chi connectivity index (χ4n) is 4.82. The van der Waals surface area contributed by atoms with Crippen LogP contribution in [0, 0.1) is 0 Å². The Bertz CT molecular complexity index is 558. The number of nitrogens with zero attached hydrogens (tertiary/aromatic N) is 1. The van der Waals surface area contributed by atoms with Gasteiger partial charge in [0, 0.05) is 25.7 Å². The Kier molecular flexibility index (Phi) is 4.97. The number of aliphatic hydroxyl groups excluding tert-OH is 1. The Labute approximate surface area is 145 Å². The van der Waals surface area contributed by atoms with Gasteiger partial charge < -0.3 is 14.3 Å². The van der Waals surface area contributed by atoms with E-state index in [9.17, 15) is 9.90 Å². The van der Waals surface area contributed by atoms with Gasteiger partial charge in [-0.3, -0.25) is 4.79 Å². The van der Waals surface area contributed by atoms with Gasteiger partial charge in [0.25, 0.3) is 0 Å². The highest BCUT2D eigenvalue weighted by Crippen LogP contribution is 2.44. The Morgan fingerprint density at radius 2 is 1.79 bits per heavy atom. The molecule has 2 saturated heterocycles. The maximum Gasteiger partial charge on any atom is 0.316 e. The zero-order valence-corrected chi connectivity index (χ0v) is 15.0. The third-order valence-corrected chi connectivity index (χ3v) is 6.54. The molecule has 0 spiro atoms. The maximum absolute atomic E-state index is 12.6. The molecule has 2 aliphatic rings. The monoisotopic (exact) mass is 332 g/mol. The fourth-order valence-corrected chi connectivity index (χ4v) is 4.82. The van der Waals surface area contributed by atoms with Gasteiger partial charge in [-0.1, -0.05) is 30.3 Å². The van der Waals surface area contributed by atoms with Crippen LogP contribution >= 0.6 is 0 Å². The van der Waals surface area contributed by atoms with Gasteiger partial charge in [0.2, 0.25) is 0 Å². The minimum atomic E-state index is -0.572. The molecule has 4 heteroatoms. The molecule has 2 heterocycles. The van der Waals surface area contributed by atoms with Gasteiger partial charge in [0.1, 0.15) is 12.0 Å². The number of piperidine rings is 1. The van der Waals surface area contributed by atoms with Crippen molar-refractivity contribution < 1.29 is 19.1 Å². The van der Waals surface area contributed by atoms with E-state index in [1.54, 1.807) is 0 Å². The molecule has 1 aromatic carbocycles. The molecule has 4 nitrogen and oxygen atoms in total. The van der Waals surface area contributed by atoms with Crippen molar-refractivity contribution in [3.63, 3.8) is 0 Å². The summed E-state index contributed by atoms with van der Waals surface area (Å²) >= 11 is 0. The highest BCUT2D eigenvalue weighted by molar-refractivity contribution is 5.78. The predicted molar refractivity (Wildman–Crippen MR) is 93.5 cm³/mol. The second-order valence-corrected chi connectivity index (χ2v) is 7.88. The summed E-state index contributed by atoms with van der Waals surface area (Å²) < 4.78 is 6.96. The average molecular weight is 332 g/mol. The molecular formula is C20H30NO3+. The third kappa shape index (κ3) is 2.98. The minimum Gasteiger partial charge on any atom is -0.461 e. The van der Waals surface area contributed by atoms with Crippen LogP contribution in [0.3, 0.4) is 0 Å². The van der Waals surface area contributed by atoms with Gasteiger partial charge in [0.05, 0.1) is 31.8 Å². The topological polar surface area (TPSA) is 46.5 Å². The molecule has 0 amide bonds. The molecule has 0 aromatic heterocycles. The average Bonchev–Trinajstić information content (AvgIpc) is 2.74. The number of fused-ring (bicyclic) bond motifs is 2. The van der Waals surface area contributed by atoms with Crippen molar-refractivity contribution in [1.82, 2.24) is 0 Å². The molecule has 2 unspecified atom stereocenters. The number of hydrogen-bond acceptors (Lipinski definition) is 3. The van der Waals surface area contributed by atoms with Crippen molar-refractivity contribution in [2.45, 2.75) is 69.7 Å². The predicted octanol–water partition coefficient (Wildman–Crippen LogP) is 2.85. The van der Waals surface area contributed by atoms with E-state index in [1.165, 1.54) is 12.8 Å². The van der Waals surface area contributed by atoms with Crippen LogP contribution in [0.4, 0.5) is 0 Å². The summed E-state index contributed by atoms with van der Waals surface area (Å²) in [5, 5.41) is 9.65. The highest BCUT2D eigenvalue weighted by atomic mass is 16.5. The lowest BCUT2D eigenvalue weighted by molar-refractivity contribution is -0.968. The Hall–Kier alpha value is -1.39. The lowest BCUT2D eigenvalue weighted by atomic mass is 9.94. The van der Waals surface area contributed by atoms with Crippen molar-refractivity contribution in [2.24, 2.45) is 0 Å². The van der Waals surface area contributed by atoms with Crippen molar-refractivity contribution in [3.8, 4) is 0 Å². The molecular weight excluding hydrogens is 302 g/mol. The molecule has 0 aliphatic carbocycles. The third-order valence-electron chi connectivity index (χ3n) is 6.54. The number of ether oxygens (including phenoxy) is 1. The van der Waals surface area contributed by atoms with Crippen LogP contribution in [0.25, 0.3) is 0 Å². The molecule has 2 aliphatic heterocycles. The standard InChI is InChI=1S/C20H30NO3/c1-14(2)21(3)16-9-10-17(21)12-18(11-16)24-20(23)19(13-22)15-7-5-4-6-8-15/h4-8,14,16-19,22H,9-13H2,1-3H3/q+1/t16-,17?,18-,19+,21?/m1/s1. The second kappa shape index (κ2) is 6.85. The molecule has 132 valence electrons. The van der Waals surface area contributed by atoms with E-state index in [2.05, 4.69) is 20.9 Å². The first-order valence-electron chi connectivity index (χ1n) is 9.18. The number of aliphatic hydroxyl groups is 1. The summed E-state index contributed by atoms with van der Waals surface area (Å²) in [5.41, 5.74) is 0.826. The molecule has 2 bridgehead atoms. The molecule has 0 saturated carbocycles. The normalized spacial score (nSPS) is 33.5. The number of carbonyl (C=O) groups excluding carboxylic acids is 1. The summed E-state index contributed by atoms with van der Waals surface area (Å²) in [4.78, 5) is 12.6. The maximum atomic E-state index is 12.6. The van der Waals surface area contributed by atoms with Crippen molar-refractivity contribution >= 4 is 5.97 Å². The Morgan fingerprint density at radius 3 is 2.29 bits per heavy atom. The Balaban J connectivity index is 1.66. The molecule has 24 heavy (non-hydrogen) atoms. The summed E-state index contributed by atoms with van der Waals surface area (Å²) in [6.07, 6.45) is 4.36. The van der Waals surface area contributed by atoms with Gasteiger partial charge in [-0.2, -0.15) is 0 Å². The van der Waals surface area contributed by atoms with Crippen LogP contribution in [-0.4, -0.2) is 53.4 Å². The van der Waals surface area contributed by atoms with E-state index >= 15 is 0 Å². The SMILES string of the molecule is CC(C)[N+]1(C)C2CC[C@@H]1C[C@@H](OC(=O)[C@@H](CO)c1ccccc1)C2. The lowest BCUT2D eigenvalue weighted by Gasteiger charge is -2.49. The van der Waals surface area contributed by atoms with E-state index in [1.807, 2.05) is 30.3 Å². The second-order valence-electron chi connectivity index (χ2n) is 7.88. The molecule has 5 atom stereocenters. The van der Waals surface area contributed by atoms with E-state index in [0.29, 0.717) is 18.1 Å². The van der Waals surface area contributed by atoms with Gasteiger partial charge in [-0.05, 0) is 19.4 Å². The van der Waals surface area contributed by atoms with E-state index in [-0.39, 0.29) is 18.7 Å². The van der Waals surface area contributed by atoms with Gasteiger partial charge in [0.15, 0.2) is 0 Å².